The van der Waals surface area contributed by atoms with Crippen LogP contribution in [0.5, 0.6) is 0 Å². The maximum absolute atomic E-state index is 12.8. The van der Waals surface area contributed by atoms with Crippen LogP contribution in [0.3, 0.4) is 0 Å². The van der Waals surface area contributed by atoms with Crippen LogP contribution in [0.4, 0.5) is 5.69 Å². The Labute approximate surface area is 176 Å². The van der Waals surface area contributed by atoms with Crippen LogP contribution in [-0.4, -0.2) is 42.4 Å². The third-order valence-corrected chi connectivity index (χ3v) is 5.79. The molecule has 0 spiro atoms. The van der Waals surface area contributed by atoms with Crippen molar-refractivity contribution in [3.05, 3.63) is 28.2 Å². The Hall–Kier alpha value is -1.01. The number of hydrogen-bond donors (Lipinski definition) is 2. The smallest absolute Gasteiger partial charge is 0.247 e. The second kappa shape index (κ2) is 10.5. The van der Waals surface area contributed by atoms with Gasteiger partial charge in [-0.25, -0.2) is 0 Å². The molecular formula is C19H26Cl3N3O2. The predicted molar refractivity (Wildman–Crippen MR) is 112 cm³/mol. The van der Waals surface area contributed by atoms with Gasteiger partial charge in [0.15, 0.2) is 0 Å². The van der Waals surface area contributed by atoms with Crippen LogP contribution in [0.2, 0.25) is 10.0 Å². The second-order valence-corrected chi connectivity index (χ2v) is 7.95. The van der Waals surface area contributed by atoms with Gasteiger partial charge in [-0.1, -0.05) is 23.2 Å². The van der Waals surface area contributed by atoms with Crippen LogP contribution in [0.25, 0.3) is 0 Å². The van der Waals surface area contributed by atoms with E-state index in [2.05, 4.69) is 10.6 Å². The van der Waals surface area contributed by atoms with Crippen LogP contribution in [0, 0.1) is 5.92 Å². The summed E-state index contributed by atoms with van der Waals surface area (Å²) in [6, 6.07) is 4.54. The Bertz CT molecular complexity index is 666. The topological polar surface area (TPSA) is 61.4 Å². The first-order valence-corrected chi connectivity index (χ1v) is 10.1. The molecule has 1 aromatic rings. The Balaban J connectivity index is 0.00000261. The molecular weight excluding hydrogens is 409 g/mol. The van der Waals surface area contributed by atoms with Crippen molar-refractivity contribution in [1.29, 1.82) is 0 Å². The Morgan fingerprint density at radius 3 is 2.74 bits per heavy atom. The monoisotopic (exact) mass is 433 g/mol. The Morgan fingerprint density at radius 2 is 2.04 bits per heavy atom. The van der Waals surface area contributed by atoms with E-state index >= 15 is 0 Å². The van der Waals surface area contributed by atoms with Crippen molar-refractivity contribution in [2.24, 2.45) is 5.92 Å². The number of carbonyl (C=O) groups is 2. The lowest BCUT2D eigenvalue weighted by atomic mass is 9.98. The van der Waals surface area contributed by atoms with Crippen LogP contribution in [0.15, 0.2) is 18.2 Å². The zero-order valence-corrected chi connectivity index (χ0v) is 17.5. The first-order valence-electron chi connectivity index (χ1n) is 9.30. The summed E-state index contributed by atoms with van der Waals surface area (Å²) < 4.78 is 0. The zero-order chi connectivity index (χ0) is 18.5. The summed E-state index contributed by atoms with van der Waals surface area (Å²) >= 11 is 12.0. The van der Waals surface area contributed by atoms with Crippen molar-refractivity contribution in [2.75, 3.05) is 25.0 Å². The van der Waals surface area contributed by atoms with Crippen molar-refractivity contribution in [3.8, 4) is 0 Å². The van der Waals surface area contributed by atoms with E-state index in [1.54, 1.807) is 23.1 Å². The van der Waals surface area contributed by atoms with Gasteiger partial charge in [0, 0.05) is 18.0 Å². The second-order valence-electron chi connectivity index (χ2n) is 7.11. The van der Waals surface area contributed by atoms with E-state index in [1.165, 1.54) is 0 Å². The highest BCUT2D eigenvalue weighted by Gasteiger charge is 2.32. The number of benzene rings is 1. The lowest BCUT2D eigenvalue weighted by molar-refractivity contribution is -0.140. The molecule has 150 valence electrons. The number of anilines is 1. The highest BCUT2D eigenvalue weighted by molar-refractivity contribution is 6.36. The zero-order valence-electron chi connectivity index (χ0n) is 15.2. The fraction of sp³-hybridized carbons (Fsp3) is 0.579. The van der Waals surface area contributed by atoms with Gasteiger partial charge in [-0.15, -0.1) is 12.4 Å². The summed E-state index contributed by atoms with van der Waals surface area (Å²) in [7, 11) is 0. The fourth-order valence-electron chi connectivity index (χ4n) is 3.74. The van der Waals surface area contributed by atoms with E-state index in [1.807, 2.05) is 0 Å². The molecule has 0 aliphatic carbocycles. The lowest BCUT2D eigenvalue weighted by Gasteiger charge is -2.35. The van der Waals surface area contributed by atoms with Gasteiger partial charge in [-0.3, -0.25) is 9.59 Å². The van der Waals surface area contributed by atoms with Gasteiger partial charge in [0.2, 0.25) is 11.8 Å². The van der Waals surface area contributed by atoms with Gasteiger partial charge in [0.25, 0.3) is 0 Å². The first-order chi connectivity index (χ1) is 12.5. The molecule has 0 bridgehead atoms. The van der Waals surface area contributed by atoms with Gasteiger partial charge < -0.3 is 15.5 Å². The molecule has 8 heteroatoms. The molecule has 2 unspecified atom stereocenters. The molecule has 2 atom stereocenters. The quantitative estimate of drug-likeness (QED) is 0.732. The number of carbonyl (C=O) groups excluding carboxylic acids is 2. The number of rotatable bonds is 5. The molecule has 2 fully saturated rings. The fourth-order valence-corrected chi connectivity index (χ4v) is 4.20. The first kappa shape index (κ1) is 22.3. The molecule has 2 aliphatic rings. The molecule has 0 radical (unpaired) electrons. The third kappa shape index (κ3) is 5.98. The van der Waals surface area contributed by atoms with E-state index in [9.17, 15) is 9.59 Å². The molecule has 0 saturated carbocycles. The van der Waals surface area contributed by atoms with E-state index < -0.39 is 6.04 Å². The van der Waals surface area contributed by atoms with Crippen molar-refractivity contribution in [1.82, 2.24) is 10.2 Å². The number of amides is 2. The third-order valence-electron chi connectivity index (χ3n) is 5.24. The molecule has 2 amide bonds. The van der Waals surface area contributed by atoms with Gasteiger partial charge >= 0.3 is 0 Å². The maximum atomic E-state index is 12.8. The minimum absolute atomic E-state index is 0. The molecule has 2 heterocycles. The Kier molecular flexibility index (Phi) is 8.67. The van der Waals surface area contributed by atoms with Crippen LogP contribution in [0.1, 0.15) is 38.5 Å². The average Bonchev–Trinajstić information content (AvgIpc) is 3.15. The lowest BCUT2D eigenvalue weighted by Crippen LogP contribution is -2.50. The van der Waals surface area contributed by atoms with E-state index in [0.717, 1.165) is 38.8 Å². The summed E-state index contributed by atoms with van der Waals surface area (Å²) in [5, 5.41) is 7.10. The standard InChI is InChI=1S/C19H25Cl2N3O2.ClH/c20-14-5-6-16(15(21)11-14)23-19(26)17-3-1-2-10-24(17)18(25)7-4-13-8-9-22-12-13;/h5-6,11,13,17,22H,1-4,7-10,12H2,(H,23,26);1H. The minimum Gasteiger partial charge on any atom is -0.331 e. The molecule has 0 aromatic heterocycles. The molecule has 1 aromatic carbocycles. The number of piperidine rings is 1. The number of likely N-dealkylation sites (tertiary alicyclic amines) is 1. The highest BCUT2D eigenvalue weighted by Crippen LogP contribution is 2.27. The van der Waals surface area contributed by atoms with Crippen LogP contribution < -0.4 is 10.6 Å². The van der Waals surface area contributed by atoms with Gasteiger partial charge in [0.05, 0.1) is 10.7 Å². The number of nitrogens with one attached hydrogen (secondary N) is 2. The molecule has 2 N–H and O–H groups in total. The summed E-state index contributed by atoms with van der Waals surface area (Å²) in [6.45, 7) is 2.68. The summed E-state index contributed by atoms with van der Waals surface area (Å²) in [6.07, 6.45) is 5.11. The highest BCUT2D eigenvalue weighted by atomic mass is 35.5. The van der Waals surface area contributed by atoms with E-state index in [-0.39, 0.29) is 24.2 Å². The van der Waals surface area contributed by atoms with Crippen molar-refractivity contribution >= 4 is 53.1 Å². The SMILES string of the molecule is Cl.O=C(Nc1ccc(Cl)cc1Cl)C1CCCCN1C(=O)CCC1CCNC1. The van der Waals surface area contributed by atoms with Gasteiger partial charge in [0.1, 0.15) is 6.04 Å². The van der Waals surface area contributed by atoms with Crippen molar-refractivity contribution in [2.45, 2.75) is 44.6 Å². The Morgan fingerprint density at radius 1 is 1.22 bits per heavy atom. The average molecular weight is 435 g/mol. The number of hydrogen-bond acceptors (Lipinski definition) is 3. The number of nitrogens with zero attached hydrogens (tertiary/aromatic N) is 1. The minimum atomic E-state index is -0.426. The normalized spacial score (nSPS) is 22.2. The van der Waals surface area contributed by atoms with Crippen molar-refractivity contribution in [3.63, 3.8) is 0 Å². The summed E-state index contributed by atoms with van der Waals surface area (Å²) in [5.74, 6) is 0.479. The molecule has 2 aliphatic heterocycles. The summed E-state index contributed by atoms with van der Waals surface area (Å²) in [4.78, 5) is 27.2. The summed E-state index contributed by atoms with van der Waals surface area (Å²) in [5.41, 5.74) is 0.524. The van der Waals surface area contributed by atoms with Crippen LogP contribution >= 0.6 is 35.6 Å². The molecule has 27 heavy (non-hydrogen) atoms. The van der Waals surface area contributed by atoms with E-state index in [0.29, 0.717) is 41.0 Å². The van der Waals surface area contributed by atoms with Gasteiger partial charge in [-0.2, -0.15) is 0 Å². The van der Waals surface area contributed by atoms with E-state index in [4.69, 9.17) is 23.2 Å². The van der Waals surface area contributed by atoms with Crippen molar-refractivity contribution < 1.29 is 9.59 Å². The van der Waals surface area contributed by atoms with Gasteiger partial charge in [-0.05, 0) is 69.3 Å². The van der Waals surface area contributed by atoms with Crippen LogP contribution in [-0.2, 0) is 9.59 Å². The predicted octanol–water partition coefficient (Wildman–Crippen LogP) is 4.12. The molecule has 2 saturated heterocycles. The molecule has 3 rings (SSSR count). The maximum Gasteiger partial charge on any atom is 0.247 e. The number of halogens is 3. The molecule has 5 nitrogen and oxygen atoms in total. The largest absolute Gasteiger partial charge is 0.331 e.